The molecule has 2 aromatic heterocycles. The zero-order valence-electron chi connectivity index (χ0n) is 15.3. The highest BCUT2D eigenvalue weighted by molar-refractivity contribution is 5.88. The molecule has 140 valence electrons. The Kier molecular flexibility index (Phi) is 4.91. The number of anilines is 1. The predicted octanol–water partition coefficient (Wildman–Crippen LogP) is 3.86. The third-order valence-electron chi connectivity index (χ3n) is 4.87. The number of carbonyl (C=O) groups is 1. The monoisotopic (exact) mass is 365 g/mol. The van der Waals surface area contributed by atoms with Gasteiger partial charge in [-0.15, -0.1) is 0 Å². The normalized spacial score (nSPS) is 14.9. The van der Waals surface area contributed by atoms with Gasteiger partial charge in [0.2, 0.25) is 0 Å². The molecule has 7 nitrogen and oxygen atoms in total. The summed E-state index contributed by atoms with van der Waals surface area (Å²) in [5, 5.41) is 10.4. The van der Waals surface area contributed by atoms with Crippen molar-refractivity contribution in [2.45, 2.75) is 38.1 Å². The molecule has 0 bridgehead atoms. The summed E-state index contributed by atoms with van der Waals surface area (Å²) in [5.41, 5.74) is 2.43. The zero-order chi connectivity index (χ0) is 18.6. The molecule has 0 saturated heterocycles. The van der Waals surface area contributed by atoms with Crippen LogP contribution in [0, 0.1) is 0 Å². The van der Waals surface area contributed by atoms with E-state index in [1.54, 1.807) is 17.8 Å². The van der Waals surface area contributed by atoms with Gasteiger partial charge in [0.25, 0.3) is 0 Å². The van der Waals surface area contributed by atoms with Crippen LogP contribution in [0.4, 0.5) is 10.6 Å². The van der Waals surface area contributed by atoms with Gasteiger partial charge in [-0.2, -0.15) is 5.10 Å². The fourth-order valence-electron chi connectivity index (χ4n) is 3.46. The summed E-state index contributed by atoms with van der Waals surface area (Å²) in [6.45, 7) is 0. The Morgan fingerprint density at radius 3 is 2.85 bits per heavy atom. The molecule has 0 spiro atoms. The lowest BCUT2D eigenvalue weighted by atomic mass is 9.96. The fourth-order valence-corrected chi connectivity index (χ4v) is 3.46. The van der Waals surface area contributed by atoms with E-state index in [0.29, 0.717) is 11.5 Å². The van der Waals surface area contributed by atoms with E-state index in [9.17, 15) is 4.79 Å². The van der Waals surface area contributed by atoms with E-state index in [1.807, 2.05) is 36.4 Å². The average Bonchev–Trinajstić information content (AvgIpc) is 3.10. The molecule has 2 heterocycles. The van der Waals surface area contributed by atoms with Gasteiger partial charge in [-0.3, -0.25) is 5.32 Å². The first kappa shape index (κ1) is 17.3. The fraction of sp³-hybridized carbons (Fsp3) is 0.350. The van der Waals surface area contributed by atoms with Gasteiger partial charge in [0.15, 0.2) is 11.5 Å². The molecular formula is C20H23N5O2. The van der Waals surface area contributed by atoms with E-state index in [2.05, 4.69) is 20.7 Å². The number of hydrogen-bond donors (Lipinski definition) is 2. The SMILES string of the molecule is COc1cccc(-c2ccc3nc(NC(=O)NC4CCCCC4)cn3n2)c1. The number of carbonyl (C=O) groups excluding carboxylic acids is 1. The maximum Gasteiger partial charge on any atom is 0.320 e. The first-order valence-corrected chi connectivity index (χ1v) is 9.30. The smallest absolute Gasteiger partial charge is 0.320 e. The molecule has 1 fully saturated rings. The molecule has 1 aliphatic carbocycles. The van der Waals surface area contributed by atoms with Gasteiger partial charge in [-0.05, 0) is 37.1 Å². The highest BCUT2D eigenvalue weighted by Gasteiger charge is 2.16. The second-order valence-electron chi connectivity index (χ2n) is 6.81. The van der Waals surface area contributed by atoms with E-state index in [-0.39, 0.29) is 12.1 Å². The van der Waals surface area contributed by atoms with Crippen molar-refractivity contribution in [1.29, 1.82) is 0 Å². The summed E-state index contributed by atoms with van der Waals surface area (Å²) in [4.78, 5) is 16.6. The molecule has 0 radical (unpaired) electrons. The van der Waals surface area contributed by atoms with Crippen LogP contribution in [-0.4, -0.2) is 33.8 Å². The van der Waals surface area contributed by atoms with Crippen molar-refractivity contribution in [2.24, 2.45) is 0 Å². The number of nitrogens with zero attached hydrogens (tertiary/aromatic N) is 3. The highest BCUT2D eigenvalue weighted by Crippen LogP contribution is 2.23. The van der Waals surface area contributed by atoms with Crippen molar-refractivity contribution >= 4 is 17.5 Å². The van der Waals surface area contributed by atoms with E-state index >= 15 is 0 Å². The average molecular weight is 365 g/mol. The number of urea groups is 1. The van der Waals surface area contributed by atoms with Crippen LogP contribution < -0.4 is 15.4 Å². The maximum atomic E-state index is 12.2. The molecule has 1 aromatic carbocycles. The van der Waals surface area contributed by atoms with E-state index in [0.717, 1.165) is 29.8 Å². The first-order chi connectivity index (χ1) is 13.2. The van der Waals surface area contributed by atoms with Gasteiger partial charge in [0.1, 0.15) is 5.75 Å². The Balaban J connectivity index is 1.49. The minimum Gasteiger partial charge on any atom is -0.497 e. The number of amides is 2. The highest BCUT2D eigenvalue weighted by atomic mass is 16.5. The number of methoxy groups -OCH3 is 1. The van der Waals surface area contributed by atoms with Crippen LogP contribution in [0.25, 0.3) is 16.9 Å². The summed E-state index contributed by atoms with van der Waals surface area (Å²) in [6, 6.07) is 11.6. The molecule has 0 aliphatic heterocycles. The Morgan fingerprint density at radius 1 is 1.19 bits per heavy atom. The first-order valence-electron chi connectivity index (χ1n) is 9.30. The number of rotatable bonds is 4. The van der Waals surface area contributed by atoms with E-state index in [4.69, 9.17) is 4.74 Å². The molecular weight excluding hydrogens is 342 g/mol. The van der Waals surface area contributed by atoms with Crippen LogP contribution in [0.3, 0.4) is 0 Å². The molecule has 0 atom stereocenters. The summed E-state index contributed by atoms with van der Waals surface area (Å²) < 4.78 is 6.94. The van der Waals surface area contributed by atoms with Gasteiger partial charge in [0, 0.05) is 11.6 Å². The lowest BCUT2D eigenvalue weighted by Crippen LogP contribution is -2.39. The second-order valence-corrected chi connectivity index (χ2v) is 6.81. The van der Waals surface area contributed by atoms with Crippen LogP contribution in [0.1, 0.15) is 32.1 Å². The zero-order valence-corrected chi connectivity index (χ0v) is 15.3. The van der Waals surface area contributed by atoms with Gasteiger partial charge < -0.3 is 10.1 Å². The van der Waals surface area contributed by atoms with Gasteiger partial charge in [-0.25, -0.2) is 14.3 Å². The van der Waals surface area contributed by atoms with E-state index in [1.165, 1.54) is 19.3 Å². The molecule has 1 aliphatic rings. The van der Waals surface area contributed by atoms with Crippen molar-refractivity contribution in [1.82, 2.24) is 19.9 Å². The molecule has 4 rings (SSSR count). The Bertz CT molecular complexity index is 946. The number of benzene rings is 1. The second kappa shape index (κ2) is 7.65. The number of hydrogen-bond acceptors (Lipinski definition) is 4. The third-order valence-corrected chi connectivity index (χ3v) is 4.87. The minimum atomic E-state index is -0.210. The van der Waals surface area contributed by atoms with Crippen molar-refractivity contribution in [3.8, 4) is 17.0 Å². The number of nitrogens with one attached hydrogen (secondary N) is 2. The number of imidazole rings is 1. The molecule has 3 aromatic rings. The van der Waals surface area contributed by atoms with Crippen LogP contribution in [0.2, 0.25) is 0 Å². The van der Waals surface area contributed by atoms with Crippen molar-refractivity contribution in [2.75, 3.05) is 12.4 Å². The standard InChI is InChI=1S/C20H23N5O2/c1-27-16-9-5-6-14(12-16)17-10-11-19-22-18(13-25(19)24-17)23-20(26)21-15-7-3-2-4-8-15/h5-6,9-13,15H,2-4,7-8H2,1H3,(H2,21,23,26). The minimum absolute atomic E-state index is 0.210. The topological polar surface area (TPSA) is 80.5 Å². The molecule has 2 amide bonds. The van der Waals surface area contributed by atoms with Crippen molar-refractivity contribution in [3.63, 3.8) is 0 Å². The van der Waals surface area contributed by atoms with Crippen LogP contribution >= 0.6 is 0 Å². The summed E-state index contributed by atoms with van der Waals surface area (Å²) in [7, 11) is 1.64. The largest absolute Gasteiger partial charge is 0.497 e. The number of fused-ring (bicyclic) bond motifs is 1. The quantitative estimate of drug-likeness (QED) is 0.736. The van der Waals surface area contributed by atoms with Crippen molar-refractivity contribution in [3.05, 3.63) is 42.6 Å². The van der Waals surface area contributed by atoms with Crippen LogP contribution in [0.5, 0.6) is 5.75 Å². The Hall–Kier alpha value is -3.09. The number of ether oxygens (including phenoxy) is 1. The van der Waals surface area contributed by atoms with Gasteiger partial charge >= 0.3 is 6.03 Å². The lowest BCUT2D eigenvalue weighted by molar-refractivity contribution is 0.244. The molecule has 7 heteroatoms. The molecule has 1 saturated carbocycles. The van der Waals surface area contributed by atoms with Crippen LogP contribution in [0.15, 0.2) is 42.6 Å². The summed E-state index contributed by atoms with van der Waals surface area (Å²) >= 11 is 0. The van der Waals surface area contributed by atoms with Crippen molar-refractivity contribution < 1.29 is 9.53 Å². The molecule has 0 unspecified atom stereocenters. The predicted molar refractivity (Wildman–Crippen MR) is 104 cm³/mol. The molecule has 27 heavy (non-hydrogen) atoms. The van der Waals surface area contributed by atoms with E-state index < -0.39 is 0 Å². The summed E-state index contributed by atoms with van der Waals surface area (Å²) in [6.07, 6.45) is 7.42. The Labute approximate surface area is 157 Å². The third kappa shape index (κ3) is 4.02. The van der Waals surface area contributed by atoms with Crippen LogP contribution in [-0.2, 0) is 0 Å². The molecule has 2 N–H and O–H groups in total. The van der Waals surface area contributed by atoms with Gasteiger partial charge in [-0.1, -0.05) is 31.4 Å². The number of aromatic nitrogens is 3. The maximum absolute atomic E-state index is 12.2. The summed E-state index contributed by atoms with van der Waals surface area (Å²) in [5.74, 6) is 1.26. The Morgan fingerprint density at radius 2 is 2.04 bits per heavy atom. The van der Waals surface area contributed by atoms with Gasteiger partial charge in [0.05, 0.1) is 19.0 Å². The lowest BCUT2D eigenvalue weighted by Gasteiger charge is -2.22.